The molecule has 3 rings (SSSR count). The summed E-state index contributed by atoms with van der Waals surface area (Å²) in [6, 6.07) is 14.3. The first-order chi connectivity index (χ1) is 9.28. The van der Waals surface area contributed by atoms with E-state index >= 15 is 0 Å². The van der Waals surface area contributed by atoms with E-state index in [2.05, 4.69) is 37.6 Å². The highest BCUT2D eigenvalue weighted by Gasteiger charge is 2.11. The van der Waals surface area contributed by atoms with Crippen LogP contribution in [0.3, 0.4) is 0 Å². The van der Waals surface area contributed by atoms with Crippen LogP contribution < -0.4 is 0 Å². The third kappa shape index (κ3) is 2.42. The first-order valence-corrected chi connectivity index (χ1v) is 7.44. The molecule has 5 heteroatoms. The van der Waals surface area contributed by atoms with E-state index in [4.69, 9.17) is 5.26 Å². The van der Waals surface area contributed by atoms with Crippen LogP contribution in [0.15, 0.2) is 40.2 Å². The van der Waals surface area contributed by atoms with Gasteiger partial charge in [-0.25, -0.2) is 4.98 Å². The highest BCUT2D eigenvalue weighted by atomic mass is 79.9. The molecule has 0 aliphatic rings. The van der Waals surface area contributed by atoms with E-state index in [9.17, 15) is 0 Å². The van der Waals surface area contributed by atoms with Crippen molar-refractivity contribution in [2.75, 3.05) is 0 Å². The lowest BCUT2D eigenvalue weighted by atomic mass is 10.3. The van der Waals surface area contributed by atoms with E-state index in [1.807, 2.05) is 30.3 Å². The van der Waals surface area contributed by atoms with Crippen LogP contribution in [0.5, 0.6) is 0 Å². The molecule has 0 N–H and O–H groups in total. The molecular formula is C14H10BrN3S. The fourth-order valence-electron chi connectivity index (χ4n) is 2.10. The second kappa shape index (κ2) is 5.16. The van der Waals surface area contributed by atoms with Crippen molar-refractivity contribution < 1.29 is 0 Å². The van der Waals surface area contributed by atoms with Gasteiger partial charge in [0.25, 0.3) is 0 Å². The number of fused-ring (bicyclic) bond motifs is 1. The Morgan fingerprint density at radius 3 is 2.84 bits per heavy atom. The number of aromatic nitrogens is 2. The molecule has 2 aromatic heterocycles. The Labute approximate surface area is 123 Å². The maximum Gasteiger partial charge on any atom is 0.124 e. The quantitative estimate of drug-likeness (QED) is 0.728. The van der Waals surface area contributed by atoms with Crippen molar-refractivity contribution in [3.63, 3.8) is 0 Å². The molecule has 2 heterocycles. The number of hydrogen-bond acceptors (Lipinski definition) is 3. The number of halogens is 1. The monoisotopic (exact) mass is 331 g/mol. The summed E-state index contributed by atoms with van der Waals surface area (Å²) in [5.41, 5.74) is 2.03. The van der Waals surface area contributed by atoms with Crippen molar-refractivity contribution in [1.29, 1.82) is 5.26 Å². The molecule has 0 radical (unpaired) electrons. The molecule has 0 atom stereocenters. The number of hydrogen-bond donors (Lipinski definition) is 0. The third-order valence-corrected chi connectivity index (χ3v) is 4.52. The van der Waals surface area contributed by atoms with Gasteiger partial charge in [0.1, 0.15) is 5.82 Å². The van der Waals surface area contributed by atoms with Gasteiger partial charge >= 0.3 is 0 Å². The minimum absolute atomic E-state index is 0.335. The SMILES string of the molecule is N#CCc1nc2ccccc2n1Cc1ccc(Br)s1. The van der Waals surface area contributed by atoms with Crippen molar-refractivity contribution in [2.24, 2.45) is 0 Å². The lowest BCUT2D eigenvalue weighted by Gasteiger charge is -2.05. The van der Waals surface area contributed by atoms with Gasteiger partial charge in [0.2, 0.25) is 0 Å². The summed E-state index contributed by atoms with van der Waals surface area (Å²) in [4.78, 5) is 5.78. The van der Waals surface area contributed by atoms with Gasteiger partial charge in [0.15, 0.2) is 0 Å². The van der Waals surface area contributed by atoms with E-state index in [1.54, 1.807) is 11.3 Å². The molecule has 0 aliphatic heterocycles. The first kappa shape index (κ1) is 12.4. The predicted molar refractivity (Wildman–Crippen MR) is 80.2 cm³/mol. The van der Waals surface area contributed by atoms with E-state index in [-0.39, 0.29) is 0 Å². The Morgan fingerprint density at radius 1 is 1.26 bits per heavy atom. The van der Waals surface area contributed by atoms with Crippen LogP contribution in [0.4, 0.5) is 0 Å². The normalized spacial score (nSPS) is 10.7. The Morgan fingerprint density at radius 2 is 2.11 bits per heavy atom. The number of benzene rings is 1. The molecule has 0 saturated heterocycles. The Bertz CT molecular complexity index is 766. The van der Waals surface area contributed by atoms with E-state index < -0.39 is 0 Å². The van der Waals surface area contributed by atoms with Crippen LogP contribution in [0.2, 0.25) is 0 Å². The maximum atomic E-state index is 8.93. The maximum absolute atomic E-state index is 8.93. The van der Waals surface area contributed by atoms with Crippen LogP contribution in [-0.4, -0.2) is 9.55 Å². The second-order valence-electron chi connectivity index (χ2n) is 4.14. The number of nitriles is 1. The van der Waals surface area contributed by atoms with Gasteiger partial charge in [0, 0.05) is 4.88 Å². The van der Waals surface area contributed by atoms with E-state index in [0.29, 0.717) is 6.42 Å². The first-order valence-electron chi connectivity index (χ1n) is 5.83. The minimum Gasteiger partial charge on any atom is -0.322 e. The van der Waals surface area contributed by atoms with Gasteiger partial charge in [-0.1, -0.05) is 12.1 Å². The fourth-order valence-corrected chi connectivity index (χ4v) is 3.57. The highest BCUT2D eigenvalue weighted by molar-refractivity contribution is 9.11. The molecule has 3 aromatic rings. The van der Waals surface area contributed by atoms with Crippen molar-refractivity contribution in [1.82, 2.24) is 9.55 Å². The van der Waals surface area contributed by atoms with Crippen molar-refractivity contribution in [3.8, 4) is 6.07 Å². The second-order valence-corrected chi connectivity index (χ2v) is 6.69. The van der Waals surface area contributed by atoms with Gasteiger partial charge in [-0.3, -0.25) is 0 Å². The summed E-state index contributed by atoms with van der Waals surface area (Å²) < 4.78 is 3.24. The Kier molecular flexibility index (Phi) is 3.36. The number of para-hydroxylation sites is 2. The van der Waals surface area contributed by atoms with Crippen molar-refractivity contribution in [2.45, 2.75) is 13.0 Å². The summed E-state index contributed by atoms with van der Waals surface area (Å²) in [5.74, 6) is 0.827. The average molecular weight is 332 g/mol. The molecule has 0 spiro atoms. The van der Waals surface area contributed by atoms with Crippen LogP contribution >= 0.6 is 27.3 Å². The largest absolute Gasteiger partial charge is 0.322 e. The number of nitrogens with zero attached hydrogens (tertiary/aromatic N) is 3. The summed E-state index contributed by atoms with van der Waals surface area (Å²) in [6.07, 6.45) is 0.335. The van der Waals surface area contributed by atoms with Crippen molar-refractivity contribution >= 4 is 38.3 Å². The standard InChI is InChI=1S/C14H10BrN3S/c15-13-6-5-10(19-13)9-18-12-4-2-1-3-11(12)17-14(18)7-8-16/h1-6H,7,9H2. The summed E-state index contributed by atoms with van der Waals surface area (Å²) in [6.45, 7) is 0.758. The highest BCUT2D eigenvalue weighted by Crippen LogP contribution is 2.25. The molecule has 0 aliphatic carbocycles. The number of imidazole rings is 1. The number of thiophene rings is 1. The molecule has 3 nitrogen and oxygen atoms in total. The zero-order valence-electron chi connectivity index (χ0n) is 10.0. The van der Waals surface area contributed by atoms with Crippen LogP contribution in [0.1, 0.15) is 10.7 Å². The van der Waals surface area contributed by atoms with E-state index in [1.165, 1.54) is 4.88 Å². The zero-order valence-corrected chi connectivity index (χ0v) is 12.4. The molecular weight excluding hydrogens is 322 g/mol. The van der Waals surface area contributed by atoms with Crippen LogP contribution in [0.25, 0.3) is 11.0 Å². The van der Waals surface area contributed by atoms with Crippen LogP contribution in [0, 0.1) is 11.3 Å². The smallest absolute Gasteiger partial charge is 0.124 e. The van der Waals surface area contributed by atoms with Gasteiger partial charge in [0.05, 0.1) is 33.9 Å². The lowest BCUT2D eigenvalue weighted by molar-refractivity contribution is 0.779. The van der Waals surface area contributed by atoms with Crippen LogP contribution in [-0.2, 0) is 13.0 Å². The van der Waals surface area contributed by atoms with E-state index in [0.717, 1.165) is 27.2 Å². The topological polar surface area (TPSA) is 41.6 Å². The molecule has 0 saturated carbocycles. The molecule has 0 amide bonds. The third-order valence-electron chi connectivity index (χ3n) is 2.91. The Hall–Kier alpha value is -1.64. The summed E-state index contributed by atoms with van der Waals surface area (Å²) in [5, 5.41) is 8.93. The Balaban J connectivity index is 2.09. The predicted octanol–water partition coefficient (Wildman–Crippen LogP) is 3.97. The van der Waals surface area contributed by atoms with Gasteiger partial charge in [-0.15, -0.1) is 11.3 Å². The molecule has 0 bridgehead atoms. The molecule has 19 heavy (non-hydrogen) atoms. The van der Waals surface area contributed by atoms with Crippen molar-refractivity contribution in [3.05, 3.63) is 50.9 Å². The molecule has 0 fully saturated rings. The molecule has 0 unspecified atom stereocenters. The minimum atomic E-state index is 0.335. The molecule has 1 aromatic carbocycles. The summed E-state index contributed by atoms with van der Waals surface area (Å²) in [7, 11) is 0. The van der Waals surface area contributed by atoms with Gasteiger partial charge < -0.3 is 4.57 Å². The average Bonchev–Trinajstić information content (AvgIpc) is 2.96. The van der Waals surface area contributed by atoms with Gasteiger partial charge in [-0.2, -0.15) is 5.26 Å². The fraction of sp³-hybridized carbons (Fsp3) is 0.143. The number of rotatable bonds is 3. The molecule has 94 valence electrons. The zero-order chi connectivity index (χ0) is 13.2. The van der Waals surface area contributed by atoms with Gasteiger partial charge in [-0.05, 0) is 40.2 Å². The lowest BCUT2D eigenvalue weighted by Crippen LogP contribution is -2.03. The summed E-state index contributed by atoms with van der Waals surface area (Å²) >= 11 is 5.18.